The smallest absolute Gasteiger partial charge is 0.326 e. The van der Waals surface area contributed by atoms with E-state index in [-0.39, 0.29) is 32.5 Å². The normalized spacial score (nSPS) is 27.0. The second-order valence-corrected chi connectivity index (χ2v) is 5.19. The molecule has 0 aliphatic carbocycles. The van der Waals surface area contributed by atoms with Crippen molar-refractivity contribution in [2.24, 2.45) is 11.1 Å². The van der Waals surface area contributed by atoms with E-state index in [1.165, 1.54) is 0 Å². The lowest BCUT2D eigenvalue weighted by Gasteiger charge is -2.27. The number of ether oxygens (including phenoxy) is 1. The van der Waals surface area contributed by atoms with Gasteiger partial charge in [0.25, 0.3) is 0 Å². The number of carboxylic acid groups (broad SMARTS) is 2. The van der Waals surface area contributed by atoms with E-state index in [4.69, 9.17) is 20.7 Å². The van der Waals surface area contributed by atoms with E-state index in [9.17, 15) is 14.4 Å². The van der Waals surface area contributed by atoms with Gasteiger partial charge >= 0.3 is 11.9 Å². The molecule has 8 nitrogen and oxygen atoms in total. The first-order chi connectivity index (χ1) is 9.27. The lowest BCUT2D eigenvalue weighted by molar-refractivity contribution is -0.144. The Bertz CT molecular complexity index is 399. The Kier molecular flexibility index (Phi) is 5.46. The zero-order valence-electron chi connectivity index (χ0n) is 11.3. The van der Waals surface area contributed by atoms with Crippen molar-refractivity contribution in [1.82, 2.24) is 5.32 Å². The SMILES string of the molecule is CC1(C(=O)N[C@H](CCCC(=O)O)C(=O)O)COCC1N. The summed E-state index contributed by atoms with van der Waals surface area (Å²) in [6, 6.07) is -1.61. The largest absolute Gasteiger partial charge is 0.481 e. The molecule has 1 fully saturated rings. The highest BCUT2D eigenvalue weighted by Crippen LogP contribution is 2.27. The minimum absolute atomic E-state index is 0.0551. The number of nitrogens with one attached hydrogen (secondary N) is 1. The summed E-state index contributed by atoms with van der Waals surface area (Å²) in [5, 5.41) is 20.0. The van der Waals surface area contributed by atoms with Crippen molar-refractivity contribution in [1.29, 1.82) is 0 Å². The number of hydrogen-bond donors (Lipinski definition) is 4. The van der Waals surface area contributed by atoms with Gasteiger partial charge < -0.3 is 26.0 Å². The Morgan fingerprint density at radius 2 is 2.10 bits per heavy atom. The van der Waals surface area contributed by atoms with Crippen molar-refractivity contribution in [2.45, 2.75) is 38.3 Å². The van der Waals surface area contributed by atoms with Crippen LogP contribution in [0.2, 0.25) is 0 Å². The van der Waals surface area contributed by atoms with Crippen molar-refractivity contribution in [2.75, 3.05) is 13.2 Å². The third kappa shape index (κ3) is 3.91. The standard InChI is InChI=1S/C12H20N2O6/c1-12(6-20-5-8(12)13)11(19)14-7(10(17)18)3-2-4-9(15)16/h7-8H,2-6,13H2,1H3,(H,14,19)(H,15,16)(H,17,18)/t7-,8?,12?/m1/s1. The van der Waals surface area contributed by atoms with Crippen LogP contribution in [-0.4, -0.2) is 53.4 Å². The fraction of sp³-hybridized carbons (Fsp3) is 0.750. The Hall–Kier alpha value is -1.67. The maximum Gasteiger partial charge on any atom is 0.326 e. The van der Waals surface area contributed by atoms with Crippen molar-refractivity contribution >= 4 is 17.8 Å². The molecule has 0 aromatic heterocycles. The minimum Gasteiger partial charge on any atom is -0.481 e. The summed E-state index contributed by atoms with van der Waals surface area (Å²) in [6.07, 6.45) is 0.0882. The first-order valence-electron chi connectivity index (χ1n) is 6.36. The monoisotopic (exact) mass is 288 g/mol. The van der Waals surface area contributed by atoms with E-state index in [1.807, 2.05) is 0 Å². The summed E-state index contributed by atoms with van der Waals surface area (Å²) in [5.74, 6) is -2.68. The lowest BCUT2D eigenvalue weighted by Crippen LogP contribution is -2.54. The van der Waals surface area contributed by atoms with Crippen molar-refractivity contribution in [3.05, 3.63) is 0 Å². The van der Waals surface area contributed by atoms with Gasteiger partial charge in [-0.3, -0.25) is 9.59 Å². The number of hydrogen-bond acceptors (Lipinski definition) is 5. The summed E-state index contributed by atoms with van der Waals surface area (Å²) < 4.78 is 5.14. The van der Waals surface area contributed by atoms with Crippen LogP contribution in [-0.2, 0) is 19.1 Å². The molecule has 1 amide bonds. The highest BCUT2D eigenvalue weighted by Gasteiger charge is 2.45. The molecule has 20 heavy (non-hydrogen) atoms. The van der Waals surface area contributed by atoms with Crippen LogP contribution in [0.1, 0.15) is 26.2 Å². The molecule has 0 aromatic carbocycles. The predicted octanol–water partition coefficient (Wildman–Crippen LogP) is -0.825. The molecule has 1 heterocycles. The minimum atomic E-state index is -1.19. The second-order valence-electron chi connectivity index (χ2n) is 5.19. The summed E-state index contributed by atoms with van der Waals surface area (Å²) in [7, 11) is 0. The van der Waals surface area contributed by atoms with Gasteiger partial charge in [0.2, 0.25) is 5.91 Å². The number of carbonyl (C=O) groups is 3. The number of rotatable bonds is 7. The van der Waals surface area contributed by atoms with Gasteiger partial charge in [-0.15, -0.1) is 0 Å². The quantitative estimate of drug-likeness (QED) is 0.479. The predicted molar refractivity (Wildman–Crippen MR) is 68.0 cm³/mol. The van der Waals surface area contributed by atoms with Crippen molar-refractivity contribution < 1.29 is 29.3 Å². The Balaban J connectivity index is 2.59. The summed E-state index contributed by atoms with van der Waals surface area (Å²) in [4.78, 5) is 33.6. The summed E-state index contributed by atoms with van der Waals surface area (Å²) >= 11 is 0. The van der Waals surface area contributed by atoms with Gasteiger partial charge in [-0.25, -0.2) is 4.79 Å². The number of aliphatic carboxylic acids is 2. The Morgan fingerprint density at radius 1 is 1.45 bits per heavy atom. The van der Waals surface area contributed by atoms with E-state index in [2.05, 4.69) is 5.32 Å². The van der Waals surface area contributed by atoms with Crippen molar-refractivity contribution in [3.63, 3.8) is 0 Å². The first kappa shape index (κ1) is 16.4. The zero-order chi connectivity index (χ0) is 15.3. The van der Waals surface area contributed by atoms with Gasteiger partial charge in [-0.2, -0.15) is 0 Å². The highest BCUT2D eigenvalue weighted by atomic mass is 16.5. The van der Waals surface area contributed by atoms with E-state index < -0.39 is 35.3 Å². The molecule has 3 atom stereocenters. The van der Waals surface area contributed by atoms with E-state index in [0.29, 0.717) is 0 Å². The first-order valence-corrected chi connectivity index (χ1v) is 6.36. The highest BCUT2D eigenvalue weighted by molar-refractivity contribution is 5.88. The molecule has 0 aromatic rings. The van der Waals surface area contributed by atoms with Crippen LogP contribution < -0.4 is 11.1 Å². The molecule has 1 saturated heterocycles. The third-order valence-electron chi connectivity index (χ3n) is 3.52. The average Bonchev–Trinajstić information content (AvgIpc) is 2.69. The molecule has 114 valence electrons. The number of amides is 1. The molecule has 1 rings (SSSR count). The van der Waals surface area contributed by atoms with E-state index >= 15 is 0 Å². The molecule has 8 heteroatoms. The molecule has 0 spiro atoms. The molecule has 1 aliphatic rings. The Morgan fingerprint density at radius 3 is 2.55 bits per heavy atom. The summed E-state index contributed by atoms with van der Waals surface area (Å²) in [5.41, 5.74) is 4.84. The molecule has 0 saturated carbocycles. The molecule has 0 radical (unpaired) electrons. The fourth-order valence-corrected chi connectivity index (χ4v) is 1.96. The molecule has 0 bridgehead atoms. The van der Waals surface area contributed by atoms with Crippen LogP contribution in [0.4, 0.5) is 0 Å². The Labute approximate surface area is 116 Å². The van der Waals surface area contributed by atoms with Crippen LogP contribution in [0.5, 0.6) is 0 Å². The number of carboxylic acids is 2. The van der Waals surface area contributed by atoms with Gasteiger partial charge in [0.1, 0.15) is 6.04 Å². The van der Waals surface area contributed by atoms with Gasteiger partial charge in [-0.1, -0.05) is 0 Å². The maximum atomic E-state index is 12.1. The molecule has 2 unspecified atom stereocenters. The van der Waals surface area contributed by atoms with Gasteiger partial charge in [0.05, 0.1) is 18.6 Å². The van der Waals surface area contributed by atoms with E-state index in [1.54, 1.807) is 6.92 Å². The van der Waals surface area contributed by atoms with Gasteiger partial charge in [-0.05, 0) is 19.8 Å². The summed E-state index contributed by atoms with van der Waals surface area (Å²) in [6.45, 7) is 2.01. The van der Waals surface area contributed by atoms with E-state index in [0.717, 1.165) is 0 Å². The lowest BCUT2D eigenvalue weighted by atomic mass is 9.84. The maximum absolute atomic E-state index is 12.1. The van der Waals surface area contributed by atoms with Crippen LogP contribution >= 0.6 is 0 Å². The number of nitrogens with two attached hydrogens (primary N) is 1. The number of carbonyl (C=O) groups excluding carboxylic acids is 1. The average molecular weight is 288 g/mol. The van der Waals surface area contributed by atoms with Crippen LogP contribution in [0.25, 0.3) is 0 Å². The molecule has 5 N–H and O–H groups in total. The van der Waals surface area contributed by atoms with Gasteiger partial charge in [0, 0.05) is 12.5 Å². The molecular formula is C12H20N2O6. The van der Waals surface area contributed by atoms with Crippen LogP contribution in [0.3, 0.4) is 0 Å². The fourth-order valence-electron chi connectivity index (χ4n) is 1.96. The molecule has 1 aliphatic heterocycles. The third-order valence-corrected chi connectivity index (χ3v) is 3.52. The zero-order valence-corrected chi connectivity index (χ0v) is 11.3. The second kappa shape index (κ2) is 6.67. The van der Waals surface area contributed by atoms with Crippen LogP contribution in [0, 0.1) is 5.41 Å². The van der Waals surface area contributed by atoms with Crippen molar-refractivity contribution in [3.8, 4) is 0 Å². The topological polar surface area (TPSA) is 139 Å². The molecular weight excluding hydrogens is 268 g/mol. The van der Waals surface area contributed by atoms with Crippen LogP contribution in [0.15, 0.2) is 0 Å². The van der Waals surface area contributed by atoms with Gasteiger partial charge in [0.15, 0.2) is 0 Å².